The van der Waals surface area contributed by atoms with Crippen LogP contribution < -0.4 is 4.74 Å². The van der Waals surface area contributed by atoms with Gasteiger partial charge in [-0.1, -0.05) is 12.1 Å². The molecule has 0 aliphatic rings. The predicted octanol–water partition coefficient (Wildman–Crippen LogP) is 1.90. The third-order valence-corrected chi connectivity index (χ3v) is 2.31. The van der Waals surface area contributed by atoms with Gasteiger partial charge in [-0.2, -0.15) is 0 Å². The van der Waals surface area contributed by atoms with E-state index < -0.39 is 0 Å². The van der Waals surface area contributed by atoms with Crippen LogP contribution in [0.25, 0.3) is 0 Å². The Kier molecular flexibility index (Phi) is 5.15. The molecule has 0 radical (unpaired) electrons. The third-order valence-electron chi connectivity index (χ3n) is 2.31. The van der Waals surface area contributed by atoms with E-state index in [1.165, 1.54) is 5.56 Å². The summed E-state index contributed by atoms with van der Waals surface area (Å²) < 4.78 is 15.4. The Balaban J connectivity index is 2.55. The van der Waals surface area contributed by atoms with E-state index in [1.807, 2.05) is 24.3 Å². The maximum Gasteiger partial charge on any atom is 0.118 e. The van der Waals surface area contributed by atoms with Gasteiger partial charge in [-0.25, -0.2) is 0 Å². The van der Waals surface area contributed by atoms with E-state index >= 15 is 0 Å². The molecule has 1 aromatic carbocycles. The van der Waals surface area contributed by atoms with Gasteiger partial charge in [-0.15, -0.1) is 0 Å². The third kappa shape index (κ3) is 3.90. The Bertz CT molecular complexity index is 269. The first kappa shape index (κ1) is 12.0. The largest absolute Gasteiger partial charge is 0.497 e. The van der Waals surface area contributed by atoms with Crippen molar-refractivity contribution in [3.63, 3.8) is 0 Å². The summed E-state index contributed by atoms with van der Waals surface area (Å²) in [5, 5.41) is 0. The molecule has 0 bridgehead atoms. The molecule has 1 atom stereocenters. The van der Waals surface area contributed by atoms with Gasteiger partial charge < -0.3 is 14.2 Å². The fraction of sp³-hybridized carbons (Fsp3) is 0.500. The molecule has 1 aromatic rings. The number of methoxy groups -OCH3 is 3. The van der Waals surface area contributed by atoms with E-state index in [9.17, 15) is 0 Å². The summed E-state index contributed by atoms with van der Waals surface area (Å²) in [5.41, 5.74) is 1.22. The first-order valence-electron chi connectivity index (χ1n) is 4.94. The fourth-order valence-electron chi connectivity index (χ4n) is 1.42. The summed E-state index contributed by atoms with van der Waals surface area (Å²) in [6, 6.07) is 7.99. The van der Waals surface area contributed by atoms with Crippen molar-refractivity contribution < 1.29 is 14.2 Å². The second kappa shape index (κ2) is 6.43. The summed E-state index contributed by atoms with van der Waals surface area (Å²) in [6.07, 6.45) is 0.970. The van der Waals surface area contributed by atoms with Crippen molar-refractivity contribution in [3.8, 4) is 5.75 Å². The Labute approximate surface area is 91.0 Å². The second-order valence-corrected chi connectivity index (χ2v) is 3.37. The summed E-state index contributed by atoms with van der Waals surface area (Å²) in [6.45, 7) is 0.614. The molecular formula is C12H18O3. The van der Waals surface area contributed by atoms with Gasteiger partial charge in [-0.05, 0) is 17.7 Å². The van der Waals surface area contributed by atoms with Crippen LogP contribution in [0.5, 0.6) is 5.75 Å². The lowest BCUT2D eigenvalue weighted by molar-refractivity contribution is 0.0289. The molecule has 0 N–H and O–H groups in total. The van der Waals surface area contributed by atoms with Crippen LogP contribution in [-0.2, 0) is 15.9 Å². The smallest absolute Gasteiger partial charge is 0.118 e. The molecule has 0 saturated carbocycles. The minimum Gasteiger partial charge on any atom is -0.497 e. The van der Waals surface area contributed by atoms with E-state index in [4.69, 9.17) is 14.2 Å². The van der Waals surface area contributed by atoms with E-state index in [-0.39, 0.29) is 6.10 Å². The van der Waals surface area contributed by atoms with Crippen molar-refractivity contribution in [1.82, 2.24) is 0 Å². The number of benzene rings is 1. The topological polar surface area (TPSA) is 27.7 Å². The molecule has 0 spiro atoms. The highest BCUT2D eigenvalue weighted by Crippen LogP contribution is 2.13. The van der Waals surface area contributed by atoms with E-state index in [2.05, 4.69) is 0 Å². The summed E-state index contributed by atoms with van der Waals surface area (Å²) in [4.78, 5) is 0. The van der Waals surface area contributed by atoms with Crippen LogP contribution in [0, 0.1) is 0 Å². The molecule has 0 aliphatic heterocycles. The van der Waals surface area contributed by atoms with Gasteiger partial charge in [0.1, 0.15) is 5.75 Å². The molecule has 84 valence electrons. The van der Waals surface area contributed by atoms with Crippen LogP contribution in [0.15, 0.2) is 24.3 Å². The average Bonchev–Trinajstić information content (AvgIpc) is 2.29. The summed E-state index contributed by atoms with van der Waals surface area (Å²) in [7, 11) is 5.05. The predicted molar refractivity (Wildman–Crippen MR) is 59.4 cm³/mol. The maximum atomic E-state index is 5.29. The van der Waals surface area contributed by atoms with E-state index in [0.29, 0.717) is 6.61 Å². The summed E-state index contributed by atoms with van der Waals surface area (Å²) >= 11 is 0. The SMILES string of the molecule is COCC(Cc1ccc(OC)cc1)OC. The number of hydrogen-bond donors (Lipinski definition) is 0. The molecule has 0 fully saturated rings. The van der Waals surface area contributed by atoms with Crippen molar-refractivity contribution in [2.75, 3.05) is 27.9 Å². The van der Waals surface area contributed by atoms with Gasteiger partial charge >= 0.3 is 0 Å². The molecule has 1 rings (SSSR count). The molecule has 0 saturated heterocycles. The molecule has 15 heavy (non-hydrogen) atoms. The maximum absolute atomic E-state index is 5.29. The van der Waals surface area contributed by atoms with Crippen LogP contribution in [-0.4, -0.2) is 34.0 Å². The van der Waals surface area contributed by atoms with Crippen molar-refractivity contribution in [3.05, 3.63) is 29.8 Å². The molecule has 0 aromatic heterocycles. The van der Waals surface area contributed by atoms with Gasteiger partial charge in [0, 0.05) is 20.6 Å². The van der Waals surface area contributed by atoms with Crippen LogP contribution in [0.3, 0.4) is 0 Å². The highest BCUT2D eigenvalue weighted by molar-refractivity contribution is 5.27. The molecule has 3 heteroatoms. The average molecular weight is 210 g/mol. The number of ether oxygens (including phenoxy) is 3. The Morgan fingerprint density at radius 1 is 1.07 bits per heavy atom. The molecule has 3 nitrogen and oxygen atoms in total. The van der Waals surface area contributed by atoms with Gasteiger partial charge in [0.2, 0.25) is 0 Å². The highest BCUT2D eigenvalue weighted by atomic mass is 16.5. The van der Waals surface area contributed by atoms with Crippen LogP contribution in [0.1, 0.15) is 5.56 Å². The second-order valence-electron chi connectivity index (χ2n) is 3.37. The lowest BCUT2D eigenvalue weighted by Crippen LogP contribution is -2.19. The van der Waals surface area contributed by atoms with Gasteiger partial charge in [0.15, 0.2) is 0 Å². The van der Waals surface area contributed by atoms with E-state index in [0.717, 1.165) is 12.2 Å². The fourth-order valence-corrected chi connectivity index (χ4v) is 1.42. The standard InChI is InChI=1S/C12H18O3/c1-13-9-12(15-3)8-10-4-6-11(14-2)7-5-10/h4-7,12H,8-9H2,1-3H3. The quantitative estimate of drug-likeness (QED) is 0.717. The van der Waals surface area contributed by atoms with Gasteiger partial charge in [0.05, 0.1) is 19.8 Å². The van der Waals surface area contributed by atoms with Crippen molar-refractivity contribution in [2.45, 2.75) is 12.5 Å². The van der Waals surface area contributed by atoms with Crippen LogP contribution in [0.4, 0.5) is 0 Å². The number of rotatable bonds is 6. The molecule has 1 unspecified atom stereocenters. The van der Waals surface area contributed by atoms with Crippen LogP contribution >= 0.6 is 0 Å². The Morgan fingerprint density at radius 3 is 2.20 bits per heavy atom. The lowest BCUT2D eigenvalue weighted by atomic mass is 10.1. The molecule has 0 amide bonds. The monoisotopic (exact) mass is 210 g/mol. The van der Waals surface area contributed by atoms with Crippen LogP contribution in [0.2, 0.25) is 0 Å². The molecule has 0 heterocycles. The van der Waals surface area contributed by atoms with Crippen molar-refractivity contribution in [1.29, 1.82) is 0 Å². The normalized spacial score (nSPS) is 12.5. The lowest BCUT2D eigenvalue weighted by Gasteiger charge is -2.14. The zero-order valence-corrected chi connectivity index (χ0v) is 9.53. The minimum absolute atomic E-state index is 0.114. The number of hydrogen-bond acceptors (Lipinski definition) is 3. The zero-order valence-electron chi connectivity index (χ0n) is 9.53. The first-order valence-corrected chi connectivity index (χ1v) is 4.94. The zero-order chi connectivity index (χ0) is 11.1. The van der Waals surface area contributed by atoms with Crippen molar-refractivity contribution >= 4 is 0 Å². The Morgan fingerprint density at radius 2 is 1.73 bits per heavy atom. The minimum atomic E-state index is 0.114. The molecule has 0 aliphatic carbocycles. The molecular weight excluding hydrogens is 192 g/mol. The summed E-state index contributed by atoms with van der Waals surface area (Å²) in [5.74, 6) is 0.874. The van der Waals surface area contributed by atoms with Crippen molar-refractivity contribution in [2.24, 2.45) is 0 Å². The van der Waals surface area contributed by atoms with Gasteiger partial charge in [0.25, 0.3) is 0 Å². The van der Waals surface area contributed by atoms with Gasteiger partial charge in [-0.3, -0.25) is 0 Å². The Hall–Kier alpha value is -1.06. The highest BCUT2D eigenvalue weighted by Gasteiger charge is 2.07. The van der Waals surface area contributed by atoms with E-state index in [1.54, 1.807) is 21.3 Å². The first-order chi connectivity index (χ1) is 7.30.